The molecule has 8 nitrogen and oxygen atoms in total. The zero-order valence-corrected chi connectivity index (χ0v) is 18.6. The Morgan fingerprint density at radius 2 is 2.09 bits per heavy atom. The van der Waals surface area contributed by atoms with Crippen molar-refractivity contribution < 1.29 is 8.78 Å². The van der Waals surface area contributed by atoms with E-state index in [0.29, 0.717) is 48.1 Å². The van der Waals surface area contributed by atoms with Crippen LogP contribution in [0.5, 0.6) is 0 Å². The molecule has 5 rings (SSSR count). The lowest BCUT2D eigenvalue weighted by molar-refractivity contribution is 0.109. The number of aliphatic imine (C=N–C) groups is 1. The summed E-state index contributed by atoms with van der Waals surface area (Å²) in [5.41, 5.74) is 8.43. The quantitative estimate of drug-likeness (QED) is 0.653. The van der Waals surface area contributed by atoms with Gasteiger partial charge in [-0.25, -0.2) is 13.8 Å². The predicted octanol–water partition coefficient (Wildman–Crippen LogP) is 3.69. The molecule has 0 aliphatic carbocycles. The highest BCUT2D eigenvalue weighted by Crippen LogP contribution is 2.46. The normalized spacial score (nSPS) is 21.7. The molecule has 10 heteroatoms. The van der Waals surface area contributed by atoms with Gasteiger partial charge in [0.15, 0.2) is 11.6 Å². The average Bonchev–Trinajstić information content (AvgIpc) is 3.26. The minimum atomic E-state index is -2.48. The summed E-state index contributed by atoms with van der Waals surface area (Å²) in [5, 5.41) is 20.2. The Morgan fingerprint density at radius 3 is 2.79 bits per heavy atom. The number of amidine groups is 1. The Bertz CT molecular complexity index is 1110. The van der Waals surface area contributed by atoms with Gasteiger partial charge in [0, 0.05) is 31.2 Å². The Labute approximate surface area is 191 Å². The molecular weight excluding hydrogens is 426 g/mol. The minimum absolute atomic E-state index is 0.189. The number of halogens is 2. The molecule has 33 heavy (non-hydrogen) atoms. The van der Waals surface area contributed by atoms with E-state index in [4.69, 9.17) is 10.7 Å². The third-order valence-corrected chi connectivity index (χ3v) is 7.29. The number of nitrogens with one attached hydrogen (secondary N) is 2. The highest BCUT2D eigenvalue weighted by atomic mass is 19.3. The van der Waals surface area contributed by atoms with Gasteiger partial charge in [0.05, 0.1) is 18.2 Å². The van der Waals surface area contributed by atoms with Crippen LogP contribution in [0.25, 0.3) is 0 Å². The number of hydrogen-bond donors (Lipinski definition) is 3. The molecule has 4 heterocycles. The van der Waals surface area contributed by atoms with Crippen LogP contribution in [0.4, 0.5) is 31.8 Å². The van der Waals surface area contributed by atoms with Gasteiger partial charge in [-0.3, -0.25) is 5.10 Å². The van der Waals surface area contributed by atoms with Crippen LogP contribution in [0.2, 0.25) is 0 Å². The summed E-state index contributed by atoms with van der Waals surface area (Å²) in [6.45, 7) is 5.75. The van der Waals surface area contributed by atoms with Crippen LogP contribution in [0.15, 0.2) is 23.2 Å². The maximum absolute atomic E-state index is 13.7. The van der Waals surface area contributed by atoms with Crippen LogP contribution >= 0.6 is 0 Å². The number of fused-ring (bicyclic) bond motifs is 2. The molecule has 2 aromatic rings. The van der Waals surface area contributed by atoms with Crippen LogP contribution in [0, 0.1) is 16.7 Å². The zero-order chi connectivity index (χ0) is 23.2. The first kappa shape index (κ1) is 21.6. The molecule has 1 atom stereocenters. The van der Waals surface area contributed by atoms with E-state index in [2.05, 4.69) is 33.4 Å². The Kier molecular flexibility index (Phi) is 5.44. The number of alkyl halides is 2. The molecule has 3 aliphatic rings. The van der Waals surface area contributed by atoms with Crippen molar-refractivity contribution in [2.75, 3.05) is 42.9 Å². The molecule has 0 amide bonds. The van der Waals surface area contributed by atoms with Gasteiger partial charge < -0.3 is 20.9 Å². The van der Waals surface area contributed by atoms with Crippen molar-refractivity contribution >= 4 is 28.8 Å². The van der Waals surface area contributed by atoms with E-state index in [1.807, 2.05) is 4.90 Å². The second kappa shape index (κ2) is 8.30. The number of H-pyrrole nitrogens is 1. The molecule has 1 aromatic carbocycles. The van der Waals surface area contributed by atoms with Gasteiger partial charge in [0.25, 0.3) is 0 Å². The highest BCUT2D eigenvalue weighted by Gasteiger charge is 2.36. The van der Waals surface area contributed by atoms with E-state index in [-0.39, 0.29) is 11.8 Å². The first-order chi connectivity index (χ1) is 15.9. The van der Waals surface area contributed by atoms with Crippen LogP contribution in [-0.4, -0.2) is 60.1 Å². The van der Waals surface area contributed by atoms with Crippen LogP contribution in [-0.2, 0) is 0 Å². The van der Waals surface area contributed by atoms with E-state index in [1.165, 1.54) is 0 Å². The van der Waals surface area contributed by atoms with Crippen molar-refractivity contribution in [2.24, 2.45) is 16.1 Å². The minimum Gasteiger partial charge on any atom is -0.372 e. The largest absolute Gasteiger partial charge is 0.372 e. The second-order valence-electron chi connectivity index (χ2n) is 9.42. The molecule has 1 aromatic heterocycles. The summed E-state index contributed by atoms with van der Waals surface area (Å²) in [6.07, 6.45) is -0.138. The van der Waals surface area contributed by atoms with Crippen molar-refractivity contribution in [3.63, 3.8) is 0 Å². The van der Waals surface area contributed by atoms with Gasteiger partial charge in [0.1, 0.15) is 11.5 Å². The van der Waals surface area contributed by atoms with E-state index >= 15 is 0 Å². The first-order valence-corrected chi connectivity index (χ1v) is 11.4. The zero-order valence-electron chi connectivity index (χ0n) is 18.6. The molecule has 1 unspecified atom stereocenters. The number of hydrogen-bond acceptors (Lipinski definition) is 7. The lowest BCUT2D eigenvalue weighted by Crippen LogP contribution is -2.47. The summed E-state index contributed by atoms with van der Waals surface area (Å²) in [6, 6.07) is 7.03. The number of anilines is 3. The molecule has 0 bridgehead atoms. The standard InChI is InChI=1S/C23H28F2N8/c1-23(13-27)5-8-32(9-6-23)18-12-28-19-21(29-18)30-31-22(19)33-7-4-15(20(24)25)16-10-14(11-26)2-3-17(16)33/h2-3,10,15,20,28H,4-9,12-13,27H2,1H3,(H,30,31). The third-order valence-electron chi connectivity index (χ3n) is 7.29. The Hall–Kier alpha value is -3.19. The number of nitrogens with zero attached hydrogens (tertiary/aromatic N) is 5. The monoisotopic (exact) mass is 454 g/mol. The number of nitriles is 1. The fraction of sp³-hybridized carbons (Fsp3) is 0.522. The number of piperidine rings is 1. The molecule has 0 spiro atoms. The number of aromatic amines is 1. The van der Waals surface area contributed by atoms with E-state index in [9.17, 15) is 14.0 Å². The molecule has 0 radical (unpaired) electrons. The molecule has 1 saturated heterocycles. The fourth-order valence-corrected chi connectivity index (χ4v) is 4.98. The summed E-state index contributed by atoms with van der Waals surface area (Å²) in [7, 11) is 0. The summed E-state index contributed by atoms with van der Waals surface area (Å²) < 4.78 is 27.4. The number of nitrogens with two attached hydrogens (primary N) is 1. The molecular formula is C23H28F2N8. The van der Waals surface area contributed by atoms with E-state index < -0.39 is 12.3 Å². The molecule has 4 N–H and O–H groups in total. The van der Waals surface area contributed by atoms with E-state index in [1.54, 1.807) is 18.2 Å². The highest BCUT2D eigenvalue weighted by molar-refractivity contribution is 5.96. The van der Waals surface area contributed by atoms with Crippen molar-refractivity contribution in [3.05, 3.63) is 29.3 Å². The SMILES string of the molecule is CC1(CN)CCN(C2=Nc3[nH]nc(N4CCC(C(F)F)c5cc(C#N)ccc54)c3NC2)CC1. The van der Waals surface area contributed by atoms with Crippen molar-refractivity contribution in [2.45, 2.75) is 38.5 Å². The van der Waals surface area contributed by atoms with Crippen LogP contribution < -0.4 is 16.0 Å². The number of likely N-dealkylation sites (tertiary alicyclic amines) is 1. The number of benzene rings is 1. The smallest absolute Gasteiger partial charge is 0.245 e. The van der Waals surface area contributed by atoms with Crippen molar-refractivity contribution in [1.29, 1.82) is 5.26 Å². The molecule has 0 saturated carbocycles. The number of aromatic nitrogens is 2. The van der Waals surface area contributed by atoms with Crippen molar-refractivity contribution in [3.8, 4) is 6.07 Å². The predicted molar refractivity (Wildman–Crippen MR) is 124 cm³/mol. The number of rotatable bonds is 3. The fourth-order valence-electron chi connectivity index (χ4n) is 4.98. The van der Waals surface area contributed by atoms with Gasteiger partial charge in [-0.05, 0) is 55.0 Å². The van der Waals surface area contributed by atoms with Gasteiger partial charge in [-0.2, -0.15) is 10.4 Å². The molecule has 1 fully saturated rings. The molecule has 174 valence electrons. The maximum Gasteiger partial charge on any atom is 0.245 e. The summed E-state index contributed by atoms with van der Waals surface area (Å²) in [5.74, 6) is 1.35. The first-order valence-electron chi connectivity index (χ1n) is 11.4. The summed E-state index contributed by atoms with van der Waals surface area (Å²) in [4.78, 5) is 9.05. The van der Waals surface area contributed by atoms with Gasteiger partial charge in [-0.15, -0.1) is 0 Å². The third kappa shape index (κ3) is 3.80. The average molecular weight is 455 g/mol. The Morgan fingerprint density at radius 1 is 1.30 bits per heavy atom. The van der Waals surface area contributed by atoms with Crippen LogP contribution in [0.3, 0.4) is 0 Å². The van der Waals surface area contributed by atoms with Gasteiger partial charge in [-0.1, -0.05) is 6.92 Å². The topological polar surface area (TPSA) is 109 Å². The summed E-state index contributed by atoms with van der Waals surface area (Å²) >= 11 is 0. The lowest BCUT2D eigenvalue weighted by atomic mass is 9.80. The van der Waals surface area contributed by atoms with Crippen LogP contribution in [0.1, 0.15) is 43.2 Å². The van der Waals surface area contributed by atoms with Crippen molar-refractivity contribution in [1.82, 2.24) is 15.1 Å². The lowest BCUT2D eigenvalue weighted by Gasteiger charge is -2.40. The Balaban J connectivity index is 1.43. The van der Waals surface area contributed by atoms with E-state index in [0.717, 1.165) is 37.5 Å². The second-order valence-corrected chi connectivity index (χ2v) is 9.42. The van der Waals surface area contributed by atoms with Gasteiger partial charge >= 0.3 is 0 Å². The maximum atomic E-state index is 13.7. The molecule has 3 aliphatic heterocycles. The van der Waals surface area contributed by atoms with Gasteiger partial charge in [0.2, 0.25) is 6.43 Å².